The molecule has 1 heterocycles. The molecule has 0 saturated carbocycles. The van der Waals surface area contributed by atoms with Gasteiger partial charge in [0, 0.05) is 18.5 Å². The summed E-state index contributed by atoms with van der Waals surface area (Å²) < 4.78 is 2.35. The molecule has 0 aliphatic heterocycles. The highest BCUT2D eigenvalue weighted by atomic mass is 32.1. The Hall–Kier alpha value is -2.73. The standard InChI is InChI=1S/C18H17N3O2S/c22-16(23)10-5-11-21-17(19-20-18(21)24)15-9-4-8-14(12-15)13-6-2-1-3-7-13/h1-4,6-9,12H,5,10-11H2,(H,20,24)(H,22,23). The molecule has 5 nitrogen and oxygen atoms in total. The lowest BCUT2D eigenvalue weighted by atomic mass is 10.0. The van der Waals surface area contributed by atoms with E-state index in [9.17, 15) is 4.79 Å². The van der Waals surface area contributed by atoms with Crippen molar-refractivity contribution < 1.29 is 9.90 Å². The molecule has 6 heteroatoms. The van der Waals surface area contributed by atoms with Crippen LogP contribution < -0.4 is 0 Å². The molecule has 0 amide bonds. The molecule has 1 aromatic heterocycles. The first-order chi connectivity index (χ1) is 11.6. The van der Waals surface area contributed by atoms with Gasteiger partial charge in [-0.2, -0.15) is 5.10 Å². The normalized spacial score (nSPS) is 10.7. The Kier molecular flexibility index (Phi) is 4.86. The Morgan fingerprint density at radius 2 is 1.79 bits per heavy atom. The summed E-state index contributed by atoms with van der Waals surface area (Å²) in [6.07, 6.45) is 0.616. The Morgan fingerprint density at radius 3 is 2.54 bits per heavy atom. The van der Waals surface area contributed by atoms with E-state index in [-0.39, 0.29) is 6.42 Å². The van der Waals surface area contributed by atoms with Gasteiger partial charge in [-0.15, -0.1) is 0 Å². The molecule has 2 N–H and O–H groups in total. The van der Waals surface area contributed by atoms with Gasteiger partial charge in [0.15, 0.2) is 10.6 Å². The van der Waals surface area contributed by atoms with E-state index < -0.39 is 5.97 Å². The van der Waals surface area contributed by atoms with E-state index in [2.05, 4.69) is 34.5 Å². The highest BCUT2D eigenvalue weighted by Gasteiger charge is 2.10. The Morgan fingerprint density at radius 1 is 1.08 bits per heavy atom. The maximum atomic E-state index is 10.7. The third-order valence-corrected chi connectivity index (χ3v) is 4.07. The molecule has 0 bridgehead atoms. The third-order valence-electron chi connectivity index (χ3n) is 3.76. The number of H-pyrrole nitrogens is 1. The van der Waals surface area contributed by atoms with Crippen molar-refractivity contribution in [2.45, 2.75) is 19.4 Å². The van der Waals surface area contributed by atoms with E-state index in [4.69, 9.17) is 17.3 Å². The summed E-state index contributed by atoms with van der Waals surface area (Å²) in [6.45, 7) is 0.520. The molecular weight excluding hydrogens is 322 g/mol. The fourth-order valence-corrected chi connectivity index (χ4v) is 2.83. The number of rotatable bonds is 6. The molecule has 0 unspecified atom stereocenters. The maximum Gasteiger partial charge on any atom is 0.303 e. The van der Waals surface area contributed by atoms with Crippen LogP contribution in [-0.4, -0.2) is 25.8 Å². The van der Waals surface area contributed by atoms with Crippen LogP contribution in [0.25, 0.3) is 22.5 Å². The molecule has 0 aliphatic carbocycles. The van der Waals surface area contributed by atoms with Gasteiger partial charge in [-0.25, -0.2) is 0 Å². The molecule has 2 aromatic carbocycles. The summed E-state index contributed by atoms with van der Waals surface area (Å²) >= 11 is 5.28. The summed E-state index contributed by atoms with van der Waals surface area (Å²) in [7, 11) is 0. The molecular formula is C18H17N3O2S. The Balaban J connectivity index is 1.92. The maximum absolute atomic E-state index is 10.7. The van der Waals surface area contributed by atoms with Gasteiger partial charge in [0.25, 0.3) is 0 Å². The molecule has 0 aliphatic rings. The Labute approximate surface area is 144 Å². The van der Waals surface area contributed by atoms with Crippen molar-refractivity contribution in [3.63, 3.8) is 0 Å². The fourth-order valence-electron chi connectivity index (χ4n) is 2.60. The quantitative estimate of drug-likeness (QED) is 0.662. The van der Waals surface area contributed by atoms with Gasteiger partial charge in [0.2, 0.25) is 0 Å². The van der Waals surface area contributed by atoms with Crippen LogP contribution in [0.1, 0.15) is 12.8 Å². The zero-order chi connectivity index (χ0) is 16.9. The minimum atomic E-state index is -0.808. The number of aromatic nitrogens is 3. The second-order valence-electron chi connectivity index (χ2n) is 5.45. The van der Waals surface area contributed by atoms with E-state index in [0.29, 0.717) is 17.7 Å². The topological polar surface area (TPSA) is 70.9 Å². The summed E-state index contributed by atoms with van der Waals surface area (Å²) in [5.41, 5.74) is 3.17. The molecule has 122 valence electrons. The van der Waals surface area contributed by atoms with Crippen LogP contribution in [-0.2, 0) is 11.3 Å². The lowest BCUT2D eigenvalue weighted by Crippen LogP contribution is -2.04. The predicted octanol–water partition coefficient (Wildman–Crippen LogP) is 4.14. The summed E-state index contributed by atoms with van der Waals surface area (Å²) in [6, 6.07) is 18.2. The van der Waals surface area contributed by atoms with Gasteiger partial charge in [0.1, 0.15) is 0 Å². The van der Waals surface area contributed by atoms with Gasteiger partial charge in [-0.3, -0.25) is 9.89 Å². The van der Waals surface area contributed by atoms with Crippen molar-refractivity contribution in [3.05, 3.63) is 59.4 Å². The van der Waals surface area contributed by atoms with Gasteiger partial charge in [0.05, 0.1) is 0 Å². The van der Waals surface area contributed by atoms with Crippen LogP contribution in [0.4, 0.5) is 0 Å². The summed E-state index contributed by atoms with van der Waals surface area (Å²) in [4.78, 5) is 10.7. The molecule has 24 heavy (non-hydrogen) atoms. The monoisotopic (exact) mass is 339 g/mol. The van der Waals surface area contributed by atoms with E-state index in [0.717, 1.165) is 22.5 Å². The summed E-state index contributed by atoms with van der Waals surface area (Å²) in [5, 5.41) is 15.9. The number of hydrogen-bond acceptors (Lipinski definition) is 3. The van der Waals surface area contributed by atoms with Gasteiger partial charge in [-0.05, 0) is 35.8 Å². The molecule has 0 atom stereocenters. The number of carboxylic acid groups (broad SMARTS) is 1. The number of carbonyl (C=O) groups is 1. The number of aliphatic carboxylic acids is 1. The average Bonchev–Trinajstić information content (AvgIpc) is 2.96. The first-order valence-electron chi connectivity index (χ1n) is 7.68. The largest absolute Gasteiger partial charge is 0.481 e. The molecule has 0 radical (unpaired) electrons. The van der Waals surface area contributed by atoms with Crippen molar-refractivity contribution in [2.24, 2.45) is 0 Å². The molecule has 0 fully saturated rings. The van der Waals surface area contributed by atoms with Crippen molar-refractivity contribution in [1.82, 2.24) is 14.8 Å². The predicted molar refractivity (Wildman–Crippen MR) is 95.2 cm³/mol. The summed E-state index contributed by atoms with van der Waals surface area (Å²) in [5.74, 6) is -0.0826. The lowest BCUT2D eigenvalue weighted by molar-refractivity contribution is -0.137. The zero-order valence-corrected chi connectivity index (χ0v) is 13.8. The smallest absolute Gasteiger partial charge is 0.303 e. The van der Waals surface area contributed by atoms with Crippen LogP contribution >= 0.6 is 12.2 Å². The third kappa shape index (κ3) is 3.60. The minimum absolute atomic E-state index is 0.108. The van der Waals surface area contributed by atoms with Crippen LogP contribution in [0, 0.1) is 4.77 Å². The SMILES string of the molecule is O=C(O)CCCn1c(-c2cccc(-c3ccccc3)c2)n[nH]c1=S. The van der Waals surface area contributed by atoms with Gasteiger partial charge < -0.3 is 9.67 Å². The zero-order valence-electron chi connectivity index (χ0n) is 13.0. The second-order valence-corrected chi connectivity index (χ2v) is 5.83. The Bertz CT molecular complexity index is 900. The number of aromatic amines is 1. The number of benzene rings is 2. The van der Waals surface area contributed by atoms with Crippen LogP contribution in [0.2, 0.25) is 0 Å². The highest BCUT2D eigenvalue weighted by Crippen LogP contribution is 2.25. The lowest BCUT2D eigenvalue weighted by Gasteiger charge is -2.08. The minimum Gasteiger partial charge on any atom is -0.481 e. The molecule has 3 aromatic rings. The van der Waals surface area contributed by atoms with Gasteiger partial charge in [-0.1, -0.05) is 48.5 Å². The van der Waals surface area contributed by atoms with E-state index in [1.165, 1.54) is 0 Å². The molecule has 0 saturated heterocycles. The second kappa shape index (κ2) is 7.23. The van der Waals surface area contributed by atoms with Crippen molar-refractivity contribution >= 4 is 18.2 Å². The van der Waals surface area contributed by atoms with Crippen LogP contribution in [0.3, 0.4) is 0 Å². The van der Waals surface area contributed by atoms with Crippen molar-refractivity contribution in [2.75, 3.05) is 0 Å². The number of nitrogens with one attached hydrogen (secondary N) is 1. The number of hydrogen-bond donors (Lipinski definition) is 2. The first kappa shape index (κ1) is 16.1. The van der Waals surface area contributed by atoms with E-state index >= 15 is 0 Å². The first-order valence-corrected chi connectivity index (χ1v) is 8.09. The fraction of sp³-hybridized carbons (Fsp3) is 0.167. The van der Waals surface area contributed by atoms with Crippen LogP contribution in [0.5, 0.6) is 0 Å². The highest BCUT2D eigenvalue weighted by molar-refractivity contribution is 7.71. The number of nitrogens with zero attached hydrogens (tertiary/aromatic N) is 2. The molecule has 3 rings (SSSR count). The van der Waals surface area contributed by atoms with Crippen LogP contribution in [0.15, 0.2) is 54.6 Å². The van der Waals surface area contributed by atoms with Gasteiger partial charge >= 0.3 is 5.97 Å². The van der Waals surface area contributed by atoms with Crippen molar-refractivity contribution in [1.29, 1.82) is 0 Å². The van der Waals surface area contributed by atoms with E-state index in [1.807, 2.05) is 34.9 Å². The van der Waals surface area contributed by atoms with E-state index in [1.54, 1.807) is 0 Å². The average molecular weight is 339 g/mol. The van der Waals surface area contributed by atoms with Crippen molar-refractivity contribution in [3.8, 4) is 22.5 Å². The molecule has 0 spiro atoms. The number of carboxylic acids is 1.